The quantitative estimate of drug-likeness (QED) is 0.395. The first-order chi connectivity index (χ1) is 13.7. The number of para-hydroxylation sites is 1. The van der Waals surface area contributed by atoms with Crippen LogP contribution < -0.4 is 9.47 Å². The Bertz CT molecular complexity index is 1220. The summed E-state index contributed by atoms with van der Waals surface area (Å²) in [5, 5.41) is 0.924. The second kappa shape index (κ2) is 6.13. The molecule has 3 nitrogen and oxygen atoms in total. The van der Waals surface area contributed by atoms with Gasteiger partial charge < -0.3 is 9.47 Å². The van der Waals surface area contributed by atoms with Crippen LogP contribution in [0.15, 0.2) is 60.7 Å². The Kier molecular flexibility index (Phi) is 3.69. The van der Waals surface area contributed by atoms with Crippen molar-refractivity contribution in [1.29, 1.82) is 0 Å². The van der Waals surface area contributed by atoms with Gasteiger partial charge in [-0.1, -0.05) is 46.9 Å². The predicted molar refractivity (Wildman–Crippen MR) is 109 cm³/mol. The molecule has 0 bridgehead atoms. The van der Waals surface area contributed by atoms with E-state index in [4.69, 9.17) is 9.47 Å². The summed E-state index contributed by atoms with van der Waals surface area (Å²) in [4.78, 5) is 0.793. The second-order valence-corrected chi connectivity index (χ2v) is 7.11. The zero-order chi connectivity index (χ0) is 19.4. The molecule has 5 rings (SSSR count). The maximum Gasteiger partial charge on any atom is 0.127 e. The lowest BCUT2D eigenvalue weighted by atomic mass is 9.87. The Morgan fingerprint density at radius 2 is 1.61 bits per heavy atom. The van der Waals surface area contributed by atoms with Gasteiger partial charge >= 0.3 is 0 Å². The molecule has 1 heterocycles. The third-order valence-corrected chi connectivity index (χ3v) is 5.80. The van der Waals surface area contributed by atoms with Crippen LogP contribution in [0.1, 0.15) is 28.3 Å². The van der Waals surface area contributed by atoms with Crippen LogP contribution >= 0.6 is 0 Å². The Morgan fingerprint density at radius 1 is 0.857 bits per heavy atom. The number of ether oxygens (including phenoxy) is 2. The summed E-state index contributed by atoms with van der Waals surface area (Å²) in [6.07, 6.45) is 0. The van der Waals surface area contributed by atoms with E-state index in [1.165, 1.54) is 0 Å². The van der Waals surface area contributed by atoms with E-state index < -0.39 is 0 Å². The van der Waals surface area contributed by atoms with Crippen molar-refractivity contribution in [2.75, 3.05) is 14.2 Å². The van der Waals surface area contributed by atoms with Crippen LogP contribution in [0.25, 0.3) is 22.0 Å². The number of rotatable bonds is 3. The van der Waals surface area contributed by atoms with E-state index in [0.717, 1.165) is 49.5 Å². The average Bonchev–Trinajstić information content (AvgIpc) is 3.19. The maximum atomic E-state index is 15.0. The third-order valence-electron chi connectivity index (χ3n) is 5.80. The van der Waals surface area contributed by atoms with Gasteiger partial charge in [-0.2, -0.15) is 4.79 Å². The molecule has 140 valence electrons. The van der Waals surface area contributed by atoms with Crippen LogP contribution in [0, 0.1) is 6.92 Å². The van der Waals surface area contributed by atoms with Crippen LogP contribution in [0.3, 0.4) is 0 Å². The van der Waals surface area contributed by atoms with Crippen LogP contribution in [-0.4, -0.2) is 19.0 Å². The van der Waals surface area contributed by atoms with Gasteiger partial charge in [0.25, 0.3) is 0 Å². The summed E-state index contributed by atoms with van der Waals surface area (Å²) in [7, 11) is 3.32. The van der Waals surface area contributed by atoms with Gasteiger partial charge in [0.1, 0.15) is 11.5 Å². The van der Waals surface area contributed by atoms with Gasteiger partial charge in [-0.3, -0.25) is 0 Å². The minimum absolute atomic E-state index is 0.103. The van der Waals surface area contributed by atoms with Crippen molar-refractivity contribution in [2.24, 2.45) is 0 Å². The molecule has 0 aliphatic heterocycles. The van der Waals surface area contributed by atoms with Crippen molar-refractivity contribution in [3.8, 4) is 22.6 Å². The molecule has 4 aromatic rings. The first-order valence-corrected chi connectivity index (χ1v) is 9.27. The lowest BCUT2D eigenvalue weighted by Gasteiger charge is -2.18. The van der Waals surface area contributed by atoms with Crippen LogP contribution in [0.4, 0.5) is 4.48 Å². The number of benzene rings is 3. The molecule has 0 amide bonds. The SMILES string of the molecule is COc1cc(OC)c2c(c1)-c1ccccc1C2c1c(C)n(F)c2ccccc12. The number of nitrogens with zero attached hydrogens (tertiary/aromatic N) is 1. The van der Waals surface area contributed by atoms with Crippen molar-refractivity contribution < 1.29 is 14.0 Å². The summed E-state index contributed by atoms with van der Waals surface area (Å²) in [5.74, 6) is 1.40. The predicted octanol–water partition coefficient (Wildman–Crippen LogP) is 5.86. The molecule has 0 saturated heterocycles. The molecule has 1 atom stereocenters. The molecule has 1 unspecified atom stereocenters. The van der Waals surface area contributed by atoms with E-state index in [0.29, 0.717) is 11.2 Å². The molecule has 1 aromatic heterocycles. The highest BCUT2D eigenvalue weighted by molar-refractivity contribution is 5.91. The average molecular weight is 373 g/mol. The number of fused-ring (bicyclic) bond motifs is 4. The zero-order valence-electron chi connectivity index (χ0n) is 16.0. The van der Waals surface area contributed by atoms with Gasteiger partial charge in [0.05, 0.1) is 25.4 Å². The normalized spacial score (nSPS) is 14.8. The zero-order valence-corrected chi connectivity index (χ0v) is 16.0. The van der Waals surface area contributed by atoms with Crippen LogP contribution in [0.2, 0.25) is 0 Å². The molecule has 0 N–H and O–H groups in total. The molecule has 0 radical (unpaired) electrons. The van der Waals surface area contributed by atoms with E-state index in [9.17, 15) is 4.48 Å². The number of aromatic nitrogens is 1. The lowest BCUT2D eigenvalue weighted by Crippen LogP contribution is -2.03. The van der Waals surface area contributed by atoms with Gasteiger partial charge in [0.15, 0.2) is 0 Å². The fourth-order valence-corrected chi connectivity index (χ4v) is 4.58. The van der Waals surface area contributed by atoms with Gasteiger partial charge in [-0.05, 0) is 41.3 Å². The molecule has 0 fully saturated rings. The first-order valence-electron chi connectivity index (χ1n) is 9.27. The van der Waals surface area contributed by atoms with Crippen molar-refractivity contribution in [3.05, 3.63) is 83.0 Å². The summed E-state index contributed by atoms with van der Waals surface area (Å²) in [5.41, 5.74) is 6.61. The minimum atomic E-state index is -0.103. The number of hydrogen-bond acceptors (Lipinski definition) is 2. The standard InChI is InChI=1S/C24H20FNO2/c1-14-22(18-10-6-7-11-20(18)26(14)25)24-17-9-5-4-8-16(17)19-12-15(27-2)13-21(28-3)23(19)24/h4-13,24H,1-3H3. The third kappa shape index (κ3) is 2.15. The fourth-order valence-electron chi connectivity index (χ4n) is 4.58. The van der Waals surface area contributed by atoms with Crippen molar-refractivity contribution in [1.82, 2.24) is 4.79 Å². The van der Waals surface area contributed by atoms with Crippen LogP contribution in [-0.2, 0) is 0 Å². The molecular formula is C24H20FNO2. The topological polar surface area (TPSA) is 23.4 Å². The fraction of sp³-hybridized carbons (Fsp3) is 0.167. The van der Waals surface area contributed by atoms with Crippen molar-refractivity contribution >= 4 is 10.9 Å². The van der Waals surface area contributed by atoms with E-state index in [1.54, 1.807) is 14.2 Å². The van der Waals surface area contributed by atoms with Crippen LogP contribution in [0.5, 0.6) is 11.5 Å². The minimum Gasteiger partial charge on any atom is -0.497 e. The largest absolute Gasteiger partial charge is 0.497 e. The summed E-state index contributed by atoms with van der Waals surface area (Å²) in [6, 6.07) is 19.9. The highest BCUT2D eigenvalue weighted by Crippen LogP contribution is 2.54. The van der Waals surface area contributed by atoms with Gasteiger partial charge in [-0.15, -0.1) is 0 Å². The van der Waals surface area contributed by atoms with Crippen molar-refractivity contribution in [2.45, 2.75) is 12.8 Å². The number of methoxy groups -OCH3 is 2. The van der Waals surface area contributed by atoms with E-state index in [1.807, 2.05) is 55.5 Å². The Balaban J connectivity index is 1.90. The Labute approximate surface area is 162 Å². The molecule has 3 aromatic carbocycles. The second-order valence-electron chi connectivity index (χ2n) is 7.11. The monoisotopic (exact) mass is 373 g/mol. The first kappa shape index (κ1) is 16.9. The Hall–Kier alpha value is -3.27. The van der Waals surface area contributed by atoms with E-state index in [2.05, 4.69) is 12.1 Å². The number of hydrogen-bond donors (Lipinski definition) is 0. The van der Waals surface area contributed by atoms with E-state index in [-0.39, 0.29) is 5.92 Å². The van der Waals surface area contributed by atoms with E-state index >= 15 is 0 Å². The maximum absolute atomic E-state index is 15.0. The summed E-state index contributed by atoms with van der Waals surface area (Å²) in [6.45, 7) is 1.84. The number of halogens is 1. The highest BCUT2D eigenvalue weighted by Gasteiger charge is 2.36. The summed E-state index contributed by atoms with van der Waals surface area (Å²) < 4.78 is 26.2. The smallest absolute Gasteiger partial charge is 0.127 e. The van der Waals surface area contributed by atoms with Gasteiger partial charge in [-0.25, -0.2) is 0 Å². The van der Waals surface area contributed by atoms with Gasteiger partial charge in [0.2, 0.25) is 0 Å². The lowest BCUT2D eigenvalue weighted by molar-refractivity contribution is 0.376. The molecular weight excluding hydrogens is 353 g/mol. The summed E-state index contributed by atoms with van der Waals surface area (Å²) >= 11 is 0. The molecule has 4 heteroatoms. The molecule has 1 aliphatic carbocycles. The molecule has 0 saturated carbocycles. The molecule has 1 aliphatic rings. The Morgan fingerprint density at radius 3 is 2.39 bits per heavy atom. The van der Waals surface area contributed by atoms with Crippen molar-refractivity contribution in [3.63, 3.8) is 0 Å². The molecule has 0 spiro atoms. The van der Waals surface area contributed by atoms with Gasteiger partial charge in [0, 0.05) is 22.9 Å². The molecule has 28 heavy (non-hydrogen) atoms. The highest BCUT2D eigenvalue weighted by atomic mass is 19.2.